The summed E-state index contributed by atoms with van der Waals surface area (Å²) >= 11 is 0. The maximum atomic E-state index is 12.1. The van der Waals surface area contributed by atoms with Crippen LogP contribution in [0.25, 0.3) is 10.9 Å². The molecule has 0 bridgehead atoms. The standard InChI is InChI=1S/C21H27N3O3/c1-26-21(25)13-9-15-14-3-2-4-17-20(14)16(10-18(15)22-11-13)19(23-17)12-24-5-7-27-8-6-24/h2-4,13,15,18,22-23H,5-12H2,1H3/t13-,15?,18+/m0/s1. The van der Waals surface area contributed by atoms with E-state index in [1.54, 1.807) is 0 Å². The summed E-state index contributed by atoms with van der Waals surface area (Å²) in [5.74, 6) is 0.215. The number of aromatic amines is 1. The molecule has 6 nitrogen and oxygen atoms in total. The summed E-state index contributed by atoms with van der Waals surface area (Å²) in [6.07, 6.45) is 1.89. The molecule has 6 heteroatoms. The number of methoxy groups -OCH3 is 1. The number of ether oxygens (including phenoxy) is 2. The third-order valence-electron chi connectivity index (χ3n) is 6.54. The second-order valence-electron chi connectivity index (χ2n) is 8.02. The van der Waals surface area contributed by atoms with Crippen molar-refractivity contribution < 1.29 is 14.3 Å². The molecule has 3 heterocycles. The van der Waals surface area contributed by atoms with E-state index < -0.39 is 0 Å². The van der Waals surface area contributed by atoms with Gasteiger partial charge in [-0.15, -0.1) is 0 Å². The lowest BCUT2D eigenvalue weighted by atomic mass is 9.73. The summed E-state index contributed by atoms with van der Waals surface area (Å²) in [5, 5.41) is 5.03. The smallest absolute Gasteiger partial charge is 0.309 e. The monoisotopic (exact) mass is 369 g/mol. The molecule has 0 spiro atoms. The summed E-state index contributed by atoms with van der Waals surface area (Å²) in [6, 6.07) is 6.96. The van der Waals surface area contributed by atoms with Gasteiger partial charge >= 0.3 is 5.97 Å². The number of morpholine rings is 1. The van der Waals surface area contributed by atoms with Gasteiger partial charge in [-0.25, -0.2) is 0 Å². The number of rotatable bonds is 3. The Morgan fingerprint density at radius 1 is 1.33 bits per heavy atom. The number of benzene rings is 1. The fourth-order valence-electron chi connectivity index (χ4n) is 5.17. The number of carbonyl (C=O) groups excluding carboxylic acids is 1. The van der Waals surface area contributed by atoms with E-state index >= 15 is 0 Å². The predicted octanol–water partition coefficient (Wildman–Crippen LogP) is 1.79. The molecular weight excluding hydrogens is 342 g/mol. The van der Waals surface area contributed by atoms with Gasteiger partial charge in [0.05, 0.1) is 26.2 Å². The van der Waals surface area contributed by atoms with Gasteiger partial charge < -0.3 is 19.8 Å². The van der Waals surface area contributed by atoms with Crippen LogP contribution in [-0.2, 0) is 27.2 Å². The third kappa shape index (κ3) is 2.96. The molecular formula is C21H27N3O3. The van der Waals surface area contributed by atoms with E-state index in [0.717, 1.165) is 45.7 Å². The van der Waals surface area contributed by atoms with E-state index in [0.29, 0.717) is 18.5 Å². The molecule has 2 N–H and O–H groups in total. The number of hydrogen-bond acceptors (Lipinski definition) is 5. The van der Waals surface area contributed by atoms with E-state index in [4.69, 9.17) is 9.47 Å². The van der Waals surface area contributed by atoms with Crippen molar-refractivity contribution in [2.75, 3.05) is 40.0 Å². The molecule has 1 aromatic heterocycles. The minimum atomic E-state index is -0.0963. The summed E-state index contributed by atoms with van der Waals surface area (Å²) in [7, 11) is 1.48. The van der Waals surface area contributed by atoms with Crippen molar-refractivity contribution in [1.82, 2.24) is 15.2 Å². The van der Waals surface area contributed by atoms with Crippen LogP contribution in [0.2, 0.25) is 0 Å². The van der Waals surface area contributed by atoms with E-state index in [1.165, 1.54) is 34.8 Å². The number of nitrogens with zero attached hydrogens (tertiary/aromatic N) is 1. The molecule has 3 atom stereocenters. The fraction of sp³-hybridized carbons (Fsp3) is 0.571. The van der Waals surface area contributed by atoms with Crippen LogP contribution in [0.4, 0.5) is 0 Å². The molecule has 1 aromatic carbocycles. The third-order valence-corrected chi connectivity index (χ3v) is 6.54. The first kappa shape index (κ1) is 17.2. The van der Waals surface area contributed by atoms with Crippen molar-refractivity contribution in [2.24, 2.45) is 5.92 Å². The zero-order valence-corrected chi connectivity index (χ0v) is 15.8. The molecule has 0 saturated carbocycles. The lowest BCUT2D eigenvalue weighted by Crippen LogP contribution is -2.49. The van der Waals surface area contributed by atoms with Gasteiger partial charge in [-0.3, -0.25) is 9.69 Å². The number of fused-ring (bicyclic) bond motifs is 2. The van der Waals surface area contributed by atoms with Crippen molar-refractivity contribution in [3.05, 3.63) is 35.0 Å². The van der Waals surface area contributed by atoms with Crippen LogP contribution < -0.4 is 5.32 Å². The molecule has 5 rings (SSSR count). The average Bonchev–Trinajstić information content (AvgIpc) is 3.06. The number of carbonyl (C=O) groups is 1. The largest absolute Gasteiger partial charge is 0.469 e. The van der Waals surface area contributed by atoms with E-state index in [2.05, 4.69) is 33.4 Å². The second-order valence-corrected chi connectivity index (χ2v) is 8.02. The molecule has 2 aromatic rings. The molecule has 144 valence electrons. The zero-order chi connectivity index (χ0) is 18.4. The summed E-state index contributed by atoms with van der Waals surface area (Å²) < 4.78 is 10.5. The predicted molar refractivity (Wildman–Crippen MR) is 103 cm³/mol. The highest BCUT2D eigenvalue weighted by Crippen LogP contribution is 2.43. The van der Waals surface area contributed by atoms with Gasteiger partial charge in [-0.1, -0.05) is 12.1 Å². The first-order valence-electron chi connectivity index (χ1n) is 9.98. The van der Waals surface area contributed by atoms with E-state index in [1.807, 2.05) is 0 Å². The molecule has 2 saturated heterocycles. The Morgan fingerprint density at radius 3 is 3.00 bits per heavy atom. The molecule has 2 fully saturated rings. The van der Waals surface area contributed by atoms with Crippen molar-refractivity contribution in [3.8, 4) is 0 Å². The Labute approximate surface area is 159 Å². The molecule has 3 aliphatic rings. The Hall–Kier alpha value is -1.89. The summed E-state index contributed by atoms with van der Waals surface area (Å²) in [5.41, 5.74) is 5.40. The summed E-state index contributed by atoms with van der Waals surface area (Å²) in [6.45, 7) is 5.29. The van der Waals surface area contributed by atoms with Crippen molar-refractivity contribution in [1.29, 1.82) is 0 Å². The number of piperidine rings is 1. The van der Waals surface area contributed by atoms with Gasteiger partial charge in [0.1, 0.15) is 0 Å². The number of aromatic nitrogens is 1. The molecule has 2 aliphatic heterocycles. The topological polar surface area (TPSA) is 66.6 Å². The van der Waals surface area contributed by atoms with Crippen molar-refractivity contribution in [3.63, 3.8) is 0 Å². The van der Waals surface area contributed by atoms with Gasteiger partial charge in [-0.2, -0.15) is 0 Å². The average molecular weight is 369 g/mol. The quantitative estimate of drug-likeness (QED) is 0.808. The zero-order valence-electron chi connectivity index (χ0n) is 15.8. The fourth-order valence-corrected chi connectivity index (χ4v) is 5.17. The van der Waals surface area contributed by atoms with Crippen LogP contribution >= 0.6 is 0 Å². The van der Waals surface area contributed by atoms with Gasteiger partial charge in [0, 0.05) is 54.7 Å². The Kier molecular flexibility index (Phi) is 4.42. The molecule has 0 amide bonds. The second kappa shape index (κ2) is 6.93. The Bertz CT molecular complexity index is 856. The Morgan fingerprint density at radius 2 is 2.19 bits per heavy atom. The highest BCUT2D eigenvalue weighted by Gasteiger charge is 2.39. The first-order chi connectivity index (χ1) is 13.2. The van der Waals surface area contributed by atoms with Crippen LogP contribution in [0, 0.1) is 5.92 Å². The minimum Gasteiger partial charge on any atom is -0.469 e. The minimum absolute atomic E-state index is 0.0557. The Balaban J connectivity index is 1.50. The molecule has 27 heavy (non-hydrogen) atoms. The molecule has 0 radical (unpaired) electrons. The SMILES string of the molecule is COC(=O)[C@@H]1CN[C@@H]2Cc3c(CN4CCOCC4)[nH]c4cccc(c34)C2C1. The molecule has 1 aliphatic carbocycles. The summed E-state index contributed by atoms with van der Waals surface area (Å²) in [4.78, 5) is 18.2. The van der Waals surface area contributed by atoms with Crippen LogP contribution in [-0.4, -0.2) is 61.9 Å². The van der Waals surface area contributed by atoms with Crippen LogP contribution in [0.1, 0.15) is 29.2 Å². The van der Waals surface area contributed by atoms with Crippen molar-refractivity contribution in [2.45, 2.75) is 31.3 Å². The lowest BCUT2D eigenvalue weighted by molar-refractivity contribution is -0.146. The number of hydrogen-bond donors (Lipinski definition) is 2. The maximum Gasteiger partial charge on any atom is 0.309 e. The highest BCUT2D eigenvalue weighted by molar-refractivity contribution is 5.90. The first-order valence-corrected chi connectivity index (χ1v) is 9.98. The van der Waals surface area contributed by atoms with Crippen LogP contribution in [0.5, 0.6) is 0 Å². The lowest BCUT2D eigenvalue weighted by Gasteiger charge is -2.39. The van der Waals surface area contributed by atoms with Crippen molar-refractivity contribution >= 4 is 16.9 Å². The normalized spacial score (nSPS) is 28.1. The highest BCUT2D eigenvalue weighted by atomic mass is 16.5. The molecule has 1 unspecified atom stereocenters. The number of nitrogens with one attached hydrogen (secondary N) is 2. The van der Waals surface area contributed by atoms with Gasteiger partial charge in [0.25, 0.3) is 0 Å². The van der Waals surface area contributed by atoms with Gasteiger partial charge in [0.15, 0.2) is 0 Å². The van der Waals surface area contributed by atoms with E-state index in [9.17, 15) is 4.79 Å². The number of esters is 1. The maximum absolute atomic E-state index is 12.1. The number of H-pyrrole nitrogens is 1. The van der Waals surface area contributed by atoms with Crippen LogP contribution in [0.15, 0.2) is 18.2 Å². The van der Waals surface area contributed by atoms with E-state index in [-0.39, 0.29) is 11.9 Å². The van der Waals surface area contributed by atoms with Crippen LogP contribution in [0.3, 0.4) is 0 Å². The van der Waals surface area contributed by atoms with Gasteiger partial charge in [0.2, 0.25) is 0 Å². The van der Waals surface area contributed by atoms with Gasteiger partial charge in [-0.05, 0) is 30.0 Å².